The van der Waals surface area contributed by atoms with Gasteiger partial charge in [0, 0.05) is 17.9 Å². The number of nitrogens with zero attached hydrogens (tertiary/aromatic N) is 3. The van der Waals surface area contributed by atoms with Crippen LogP contribution in [0.15, 0.2) is 33.9 Å². The van der Waals surface area contributed by atoms with Crippen LogP contribution >= 0.6 is 0 Å². The highest BCUT2D eigenvalue weighted by molar-refractivity contribution is 5.90. The third kappa shape index (κ3) is 3.04. The summed E-state index contributed by atoms with van der Waals surface area (Å²) >= 11 is 0. The molecule has 0 radical (unpaired) electrons. The Kier molecular flexibility index (Phi) is 4.39. The summed E-state index contributed by atoms with van der Waals surface area (Å²) in [6, 6.07) is 8.52. The van der Waals surface area contributed by atoms with Gasteiger partial charge in [-0.1, -0.05) is 0 Å². The summed E-state index contributed by atoms with van der Waals surface area (Å²) in [5.74, 6) is 0.122. The Morgan fingerprint density at radius 3 is 2.68 bits per heavy atom. The highest BCUT2D eigenvalue weighted by atomic mass is 16.5. The summed E-state index contributed by atoms with van der Waals surface area (Å²) < 4.78 is 7.25. The molecule has 0 saturated heterocycles. The van der Waals surface area contributed by atoms with Gasteiger partial charge < -0.3 is 10.1 Å². The summed E-state index contributed by atoms with van der Waals surface area (Å²) in [6.45, 7) is 0.00187. The second-order valence-electron chi connectivity index (χ2n) is 5.64. The highest BCUT2D eigenvalue weighted by Crippen LogP contribution is 2.15. The molecule has 0 saturated carbocycles. The SMILES string of the molecule is COc1ccc(NC(=O)Cn2c(=O)c(C#N)c3n(c2=O)CCC3)cc1. The number of nitriles is 1. The number of amides is 1. The second kappa shape index (κ2) is 6.65. The van der Waals surface area contributed by atoms with Gasteiger partial charge >= 0.3 is 5.69 Å². The monoisotopic (exact) mass is 340 g/mol. The van der Waals surface area contributed by atoms with Crippen LogP contribution in [0.2, 0.25) is 0 Å². The molecular weight excluding hydrogens is 324 g/mol. The first-order valence-corrected chi connectivity index (χ1v) is 7.75. The molecule has 0 spiro atoms. The Morgan fingerprint density at radius 2 is 2.04 bits per heavy atom. The zero-order chi connectivity index (χ0) is 18.0. The second-order valence-corrected chi connectivity index (χ2v) is 5.64. The number of carbonyl (C=O) groups is 1. The van der Waals surface area contributed by atoms with E-state index >= 15 is 0 Å². The normalized spacial score (nSPS) is 12.3. The van der Waals surface area contributed by atoms with Gasteiger partial charge in [-0.2, -0.15) is 5.26 Å². The first kappa shape index (κ1) is 16.5. The van der Waals surface area contributed by atoms with Crippen LogP contribution in [0.4, 0.5) is 5.69 Å². The third-order valence-electron chi connectivity index (χ3n) is 4.12. The molecule has 1 amide bonds. The van der Waals surface area contributed by atoms with Crippen molar-refractivity contribution >= 4 is 11.6 Å². The maximum absolute atomic E-state index is 12.4. The zero-order valence-electron chi connectivity index (χ0n) is 13.6. The van der Waals surface area contributed by atoms with Crippen molar-refractivity contribution < 1.29 is 9.53 Å². The number of nitrogens with one attached hydrogen (secondary N) is 1. The van der Waals surface area contributed by atoms with Gasteiger partial charge in [0.1, 0.15) is 23.9 Å². The van der Waals surface area contributed by atoms with Gasteiger partial charge in [-0.25, -0.2) is 9.36 Å². The summed E-state index contributed by atoms with van der Waals surface area (Å²) in [5, 5.41) is 11.8. The molecule has 0 unspecified atom stereocenters. The standard InChI is InChI=1S/C17H16N4O4/c1-25-12-6-4-11(5-7-12)19-15(22)10-21-16(23)13(9-18)14-3-2-8-20(14)17(21)24/h4-7H,2-3,8,10H2,1H3,(H,19,22). The Hall–Kier alpha value is -3.34. The Bertz CT molecular complexity index is 980. The van der Waals surface area contributed by atoms with E-state index in [1.54, 1.807) is 24.3 Å². The number of carbonyl (C=O) groups excluding carboxylic acids is 1. The summed E-state index contributed by atoms with van der Waals surface area (Å²) in [7, 11) is 1.54. The predicted octanol–water partition coefficient (Wildman–Crippen LogP) is 0.475. The number of aromatic nitrogens is 2. The number of rotatable bonds is 4. The van der Waals surface area contributed by atoms with Crippen LogP contribution in [-0.4, -0.2) is 22.2 Å². The van der Waals surface area contributed by atoms with Crippen molar-refractivity contribution in [3.05, 3.63) is 56.4 Å². The minimum atomic E-state index is -0.717. The van der Waals surface area contributed by atoms with E-state index in [0.29, 0.717) is 36.5 Å². The number of hydrogen-bond acceptors (Lipinski definition) is 5. The van der Waals surface area contributed by atoms with E-state index in [2.05, 4.69) is 5.32 Å². The average molecular weight is 340 g/mol. The molecule has 1 N–H and O–H groups in total. The molecule has 25 heavy (non-hydrogen) atoms. The van der Waals surface area contributed by atoms with Gasteiger partial charge in [-0.15, -0.1) is 0 Å². The van der Waals surface area contributed by atoms with E-state index in [1.807, 2.05) is 6.07 Å². The minimum absolute atomic E-state index is 0.0608. The summed E-state index contributed by atoms with van der Waals surface area (Å²) in [6.07, 6.45) is 1.22. The number of anilines is 1. The van der Waals surface area contributed by atoms with Crippen molar-refractivity contribution in [3.63, 3.8) is 0 Å². The molecule has 1 aromatic carbocycles. The number of fused-ring (bicyclic) bond motifs is 1. The maximum Gasteiger partial charge on any atom is 0.331 e. The maximum atomic E-state index is 12.4. The zero-order valence-corrected chi connectivity index (χ0v) is 13.6. The first-order chi connectivity index (χ1) is 12.0. The summed E-state index contributed by atoms with van der Waals surface area (Å²) in [5.41, 5.74) is -0.355. The van der Waals surface area contributed by atoms with E-state index in [4.69, 9.17) is 4.74 Å². The fourth-order valence-electron chi connectivity index (χ4n) is 2.91. The smallest absolute Gasteiger partial charge is 0.331 e. The number of methoxy groups -OCH3 is 1. The van der Waals surface area contributed by atoms with E-state index in [1.165, 1.54) is 11.7 Å². The first-order valence-electron chi connectivity index (χ1n) is 7.75. The number of hydrogen-bond donors (Lipinski definition) is 1. The fraction of sp³-hybridized carbons (Fsp3) is 0.294. The minimum Gasteiger partial charge on any atom is -0.497 e. The largest absolute Gasteiger partial charge is 0.497 e. The molecule has 3 rings (SSSR count). The van der Waals surface area contributed by atoms with E-state index in [9.17, 15) is 19.6 Å². The van der Waals surface area contributed by atoms with Crippen molar-refractivity contribution in [2.75, 3.05) is 12.4 Å². The van der Waals surface area contributed by atoms with Crippen LogP contribution in [0, 0.1) is 11.3 Å². The van der Waals surface area contributed by atoms with Crippen molar-refractivity contribution in [1.82, 2.24) is 9.13 Å². The molecule has 1 aromatic heterocycles. The van der Waals surface area contributed by atoms with Gasteiger partial charge in [0.05, 0.1) is 7.11 Å². The molecule has 8 nitrogen and oxygen atoms in total. The van der Waals surface area contributed by atoms with Gasteiger partial charge in [-0.3, -0.25) is 14.2 Å². The lowest BCUT2D eigenvalue weighted by molar-refractivity contribution is -0.116. The van der Waals surface area contributed by atoms with E-state index in [-0.39, 0.29) is 5.56 Å². The lowest BCUT2D eigenvalue weighted by Crippen LogP contribution is -2.44. The quantitative estimate of drug-likeness (QED) is 0.871. The van der Waals surface area contributed by atoms with Crippen LogP contribution in [0.1, 0.15) is 17.7 Å². The van der Waals surface area contributed by atoms with Gasteiger partial charge in [0.25, 0.3) is 5.56 Å². The summed E-state index contributed by atoms with van der Waals surface area (Å²) in [4.78, 5) is 37.0. The molecule has 0 atom stereocenters. The Balaban J connectivity index is 1.88. The van der Waals surface area contributed by atoms with E-state index < -0.39 is 23.7 Å². The van der Waals surface area contributed by atoms with Gasteiger partial charge in [0.15, 0.2) is 0 Å². The molecule has 2 aromatic rings. The molecule has 0 fully saturated rings. The molecule has 0 aliphatic carbocycles. The van der Waals surface area contributed by atoms with Crippen molar-refractivity contribution in [1.29, 1.82) is 5.26 Å². The third-order valence-corrected chi connectivity index (χ3v) is 4.12. The number of ether oxygens (including phenoxy) is 1. The Morgan fingerprint density at radius 1 is 1.32 bits per heavy atom. The Labute approximate surface area is 142 Å². The predicted molar refractivity (Wildman–Crippen MR) is 89.6 cm³/mol. The molecule has 0 bridgehead atoms. The molecule has 2 heterocycles. The topological polar surface area (TPSA) is 106 Å². The van der Waals surface area contributed by atoms with Crippen molar-refractivity contribution in [2.45, 2.75) is 25.9 Å². The highest BCUT2D eigenvalue weighted by Gasteiger charge is 2.23. The van der Waals surface area contributed by atoms with Crippen molar-refractivity contribution in [3.8, 4) is 11.8 Å². The van der Waals surface area contributed by atoms with Gasteiger partial charge in [-0.05, 0) is 37.1 Å². The van der Waals surface area contributed by atoms with Gasteiger partial charge in [0.2, 0.25) is 5.91 Å². The van der Waals surface area contributed by atoms with Crippen molar-refractivity contribution in [2.24, 2.45) is 0 Å². The average Bonchev–Trinajstić information content (AvgIpc) is 3.09. The van der Waals surface area contributed by atoms with E-state index in [0.717, 1.165) is 4.57 Å². The fourth-order valence-corrected chi connectivity index (χ4v) is 2.91. The number of benzene rings is 1. The van der Waals surface area contributed by atoms with Crippen LogP contribution in [0.3, 0.4) is 0 Å². The lowest BCUT2D eigenvalue weighted by atomic mass is 10.2. The van der Waals surface area contributed by atoms with Crippen LogP contribution in [0.25, 0.3) is 0 Å². The molecule has 1 aliphatic heterocycles. The molecule has 8 heteroatoms. The van der Waals surface area contributed by atoms with Crippen LogP contribution in [0.5, 0.6) is 5.75 Å². The lowest BCUT2D eigenvalue weighted by Gasteiger charge is -2.11. The molecule has 128 valence electrons. The molecule has 1 aliphatic rings. The van der Waals surface area contributed by atoms with Crippen LogP contribution < -0.4 is 21.3 Å². The van der Waals surface area contributed by atoms with Crippen LogP contribution in [-0.2, 0) is 24.3 Å². The molecular formula is C17H16N4O4.